The maximum absolute atomic E-state index is 10.6. The van der Waals surface area contributed by atoms with Gasteiger partial charge in [-0.25, -0.2) is 9.48 Å². The summed E-state index contributed by atoms with van der Waals surface area (Å²) >= 11 is 0. The maximum atomic E-state index is 10.6. The van der Waals surface area contributed by atoms with E-state index in [2.05, 4.69) is 15.3 Å². The fourth-order valence-corrected chi connectivity index (χ4v) is 1.08. The summed E-state index contributed by atoms with van der Waals surface area (Å²) in [6.07, 6.45) is 2.95. The van der Waals surface area contributed by atoms with E-state index in [0.29, 0.717) is 5.69 Å². The molecule has 1 N–H and O–H groups in total. The monoisotopic (exact) mass is 204 g/mol. The largest absolute Gasteiger partial charge is 0.476 e. The molecule has 6 heteroatoms. The van der Waals surface area contributed by atoms with Crippen LogP contribution >= 0.6 is 0 Å². The van der Waals surface area contributed by atoms with Crippen molar-refractivity contribution in [2.24, 2.45) is 0 Å². The van der Waals surface area contributed by atoms with E-state index in [1.807, 2.05) is 13.0 Å². The van der Waals surface area contributed by atoms with Crippen molar-refractivity contribution in [2.75, 3.05) is 0 Å². The zero-order valence-corrected chi connectivity index (χ0v) is 7.95. The third-order valence-corrected chi connectivity index (χ3v) is 1.87. The Morgan fingerprint density at radius 2 is 2.27 bits per heavy atom. The number of carboxylic acids is 1. The van der Waals surface area contributed by atoms with Gasteiger partial charge in [0.25, 0.3) is 0 Å². The molecule has 0 atom stereocenters. The molecule has 0 aromatic carbocycles. The molecule has 0 saturated carbocycles. The minimum atomic E-state index is -1.10. The molecule has 0 amide bonds. The van der Waals surface area contributed by atoms with E-state index in [1.54, 1.807) is 12.3 Å². The van der Waals surface area contributed by atoms with Gasteiger partial charge >= 0.3 is 5.97 Å². The van der Waals surface area contributed by atoms with Crippen LogP contribution in [0.25, 0.3) is 5.69 Å². The Kier molecular flexibility index (Phi) is 2.17. The fraction of sp³-hybridized carbons (Fsp3) is 0.111. The third kappa shape index (κ3) is 1.83. The maximum Gasteiger partial charge on any atom is 0.358 e. The minimum absolute atomic E-state index is 0.0874. The van der Waals surface area contributed by atoms with Crippen LogP contribution in [0, 0.1) is 6.92 Å². The molecular weight excluding hydrogens is 196 g/mol. The van der Waals surface area contributed by atoms with Crippen molar-refractivity contribution in [3.63, 3.8) is 0 Å². The van der Waals surface area contributed by atoms with Crippen LogP contribution in [0.15, 0.2) is 24.5 Å². The lowest BCUT2D eigenvalue weighted by Crippen LogP contribution is -1.96. The summed E-state index contributed by atoms with van der Waals surface area (Å²) in [5, 5.41) is 15.8. The number of nitrogens with zero attached hydrogens (tertiary/aromatic N) is 4. The summed E-state index contributed by atoms with van der Waals surface area (Å²) in [7, 11) is 0. The SMILES string of the molecule is Cc1ccc(-n2cc(C(=O)O)nn2)cn1. The molecule has 0 radical (unpaired) electrons. The van der Waals surface area contributed by atoms with Gasteiger partial charge in [-0.05, 0) is 19.1 Å². The number of aromatic carboxylic acids is 1. The van der Waals surface area contributed by atoms with E-state index in [0.717, 1.165) is 5.69 Å². The first kappa shape index (κ1) is 9.32. The summed E-state index contributed by atoms with van der Waals surface area (Å²) in [5.74, 6) is -1.10. The lowest BCUT2D eigenvalue weighted by atomic mass is 10.3. The second-order valence-corrected chi connectivity index (χ2v) is 3.01. The van der Waals surface area contributed by atoms with Crippen molar-refractivity contribution < 1.29 is 9.90 Å². The zero-order chi connectivity index (χ0) is 10.8. The van der Waals surface area contributed by atoms with E-state index in [1.165, 1.54) is 10.9 Å². The van der Waals surface area contributed by atoms with Crippen LogP contribution in [0.5, 0.6) is 0 Å². The first-order chi connectivity index (χ1) is 7.16. The van der Waals surface area contributed by atoms with Gasteiger partial charge in [0, 0.05) is 5.69 Å². The Balaban J connectivity index is 2.37. The second kappa shape index (κ2) is 3.49. The topological polar surface area (TPSA) is 80.9 Å². The number of hydrogen-bond acceptors (Lipinski definition) is 4. The summed E-state index contributed by atoms with van der Waals surface area (Å²) in [5.41, 5.74) is 1.48. The number of pyridine rings is 1. The minimum Gasteiger partial charge on any atom is -0.476 e. The summed E-state index contributed by atoms with van der Waals surface area (Å²) in [6, 6.07) is 3.61. The van der Waals surface area contributed by atoms with Crippen LogP contribution in [0.1, 0.15) is 16.2 Å². The van der Waals surface area contributed by atoms with E-state index in [4.69, 9.17) is 5.11 Å². The first-order valence-corrected chi connectivity index (χ1v) is 4.25. The molecule has 0 saturated heterocycles. The summed E-state index contributed by atoms with van der Waals surface area (Å²) in [4.78, 5) is 14.6. The molecule has 0 bridgehead atoms. The van der Waals surface area contributed by atoms with Crippen molar-refractivity contribution in [3.05, 3.63) is 35.9 Å². The highest BCUT2D eigenvalue weighted by atomic mass is 16.4. The van der Waals surface area contributed by atoms with Crippen LogP contribution in [-0.2, 0) is 0 Å². The number of aryl methyl sites for hydroxylation is 1. The molecule has 76 valence electrons. The number of carboxylic acid groups (broad SMARTS) is 1. The molecule has 6 nitrogen and oxygen atoms in total. The molecule has 2 rings (SSSR count). The van der Waals surface area contributed by atoms with Crippen LogP contribution < -0.4 is 0 Å². The lowest BCUT2D eigenvalue weighted by molar-refractivity contribution is 0.0690. The molecule has 2 heterocycles. The number of aromatic nitrogens is 4. The average molecular weight is 204 g/mol. The van der Waals surface area contributed by atoms with E-state index >= 15 is 0 Å². The fourth-order valence-electron chi connectivity index (χ4n) is 1.08. The van der Waals surface area contributed by atoms with Crippen LogP contribution in [0.4, 0.5) is 0 Å². The standard InChI is InChI=1S/C9H8N4O2/c1-6-2-3-7(4-10-6)13-5-8(9(14)15)11-12-13/h2-5H,1H3,(H,14,15). The molecule has 0 aliphatic carbocycles. The molecule has 0 unspecified atom stereocenters. The Bertz CT molecular complexity index is 489. The summed E-state index contributed by atoms with van der Waals surface area (Å²) in [6.45, 7) is 1.87. The normalized spacial score (nSPS) is 10.2. The van der Waals surface area contributed by atoms with E-state index in [-0.39, 0.29) is 5.69 Å². The van der Waals surface area contributed by atoms with Gasteiger partial charge in [-0.15, -0.1) is 5.10 Å². The van der Waals surface area contributed by atoms with Gasteiger partial charge in [0.15, 0.2) is 5.69 Å². The Morgan fingerprint density at radius 1 is 1.47 bits per heavy atom. The van der Waals surface area contributed by atoms with Gasteiger partial charge in [0.1, 0.15) is 0 Å². The van der Waals surface area contributed by atoms with Gasteiger partial charge in [-0.3, -0.25) is 4.98 Å². The Hall–Kier alpha value is -2.24. The highest BCUT2D eigenvalue weighted by Crippen LogP contribution is 2.05. The van der Waals surface area contributed by atoms with Gasteiger partial charge in [0.2, 0.25) is 0 Å². The number of hydrogen-bond donors (Lipinski definition) is 1. The molecule has 0 aliphatic heterocycles. The number of carbonyl (C=O) groups is 1. The van der Waals surface area contributed by atoms with Crippen LogP contribution in [0.3, 0.4) is 0 Å². The highest BCUT2D eigenvalue weighted by molar-refractivity contribution is 5.84. The second-order valence-electron chi connectivity index (χ2n) is 3.01. The molecule has 0 fully saturated rings. The van der Waals surface area contributed by atoms with Crippen molar-refractivity contribution in [3.8, 4) is 5.69 Å². The lowest BCUT2D eigenvalue weighted by Gasteiger charge is -1.98. The molecule has 2 aromatic rings. The molecule has 15 heavy (non-hydrogen) atoms. The van der Waals surface area contributed by atoms with E-state index in [9.17, 15) is 4.79 Å². The predicted octanol–water partition coefficient (Wildman–Crippen LogP) is 0.669. The third-order valence-electron chi connectivity index (χ3n) is 1.87. The van der Waals surface area contributed by atoms with Crippen molar-refractivity contribution in [2.45, 2.75) is 6.92 Å². The Labute approximate surface area is 85.2 Å². The molecular formula is C9H8N4O2. The molecule has 0 spiro atoms. The number of rotatable bonds is 2. The van der Waals surface area contributed by atoms with Crippen molar-refractivity contribution in [1.29, 1.82) is 0 Å². The van der Waals surface area contributed by atoms with Crippen LogP contribution in [-0.4, -0.2) is 31.1 Å². The predicted molar refractivity (Wildman–Crippen MR) is 50.9 cm³/mol. The van der Waals surface area contributed by atoms with Gasteiger partial charge in [-0.1, -0.05) is 5.21 Å². The smallest absolute Gasteiger partial charge is 0.358 e. The molecule has 2 aromatic heterocycles. The van der Waals surface area contributed by atoms with Crippen molar-refractivity contribution >= 4 is 5.97 Å². The van der Waals surface area contributed by atoms with Crippen molar-refractivity contribution in [1.82, 2.24) is 20.0 Å². The first-order valence-electron chi connectivity index (χ1n) is 4.25. The summed E-state index contributed by atoms with van der Waals surface area (Å²) < 4.78 is 1.37. The van der Waals surface area contributed by atoms with Gasteiger partial charge in [-0.2, -0.15) is 0 Å². The Morgan fingerprint density at radius 3 is 2.80 bits per heavy atom. The molecule has 0 aliphatic rings. The van der Waals surface area contributed by atoms with E-state index < -0.39 is 5.97 Å². The highest BCUT2D eigenvalue weighted by Gasteiger charge is 2.08. The quantitative estimate of drug-likeness (QED) is 0.777. The van der Waals surface area contributed by atoms with Gasteiger partial charge < -0.3 is 5.11 Å². The average Bonchev–Trinajstić information content (AvgIpc) is 2.68. The van der Waals surface area contributed by atoms with Crippen LogP contribution in [0.2, 0.25) is 0 Å². The zero-order valence-electron chi connectivity index (χ0n) is 7.95. The van der Waals surface area contributed by atoms with Gasteiger partial charge in [0.05, 0.1) is 18.1 Å².